The lowest BCUT2D eigenvalue weighted by molar-refractivity contribution is -0.143. The number of carbonyl (C=O) groups is 7. The third kappa shape index (κ3) is 11.5. The van der Waals surface area contributed by atoms with Crippen LogP contribution < -0.4 is 31.9 Å². The van der Waals surface area contributed by atoms with Crippen LogP contribution in [0.25, 0.3) is 0 Å². The van der Waals surface area contributed by atoms with Crippen LogP contribution in [0.3, 0.4) is 0 Å². The highest BCUT2D eigenvalue weighted by Gasteiger charge is 2.41. The van der Waals surface area contributed by atoms with E-state index in [0.29, 0.717) is 25.7 Å². The molecule has 2 fully saturated rings. The summed E-state index contributed by atoms with van der Waals surface area (Å²) in [4.78, 5) is 96.5. The number of hydrogen-bond acceptors (Lipinski definition) is 7. The minimum atomic E-state index is -1.12. The van der Waals surface area contributed by atoms with Crippen LogP contribution in [-0.2, 0) is 40.0 Å². The topological polar surface area (TPSA) is 195 Å². The van der Waals surface area contributed by atoms with E-state index < -0.39 is 77.6 Å². The van der Waals surface area contributed by atoms with Gasteiger partial charge in [-0.05, 0) is 49.0 Å². The maximum atomic E-state index is 14.4. The molecule has 2 saturated heterocycles. The summed E-state index contributed by atoms with van der Waals surface area (Å²) in [5.41, 5.74) is 0.779. The molecule has 14 nitrogen and oxygen atoms in total. The van der Waals surface area contributed by atoms with Crippen molar-refractivity contribution in [3.05, 3.63) is 35.9 Å². The fourth-order valence-corrected chi connectivity index (χ4v) is 6.63. The zero-order valence-corrected chi connectivity index (χ0v) is 31.8. The van der Waals surface area contributed by atoms with Crippen LogP contribution in [0.5, 0.6) is 0 Å². The molecule has 0 radical (unpaired) electrons. The predicted octanol–water partition coefficient (Wildman–Crippen LogP) is 1.32. The average Bonchev–Trinajstić information content (AvgIpc) is 3.61. The Morgan fingerprint density at radius 2 is 1.42 bits per heavy atom. The number of hydrogen-bond donors (Lipinski definition) is 6. The van der Waals surface area contributed by atoms with E-state index in [1.54, 1.807) is 13.8 Å². The van der Waals surface area contributed by atoms with E-state index in [9.17, 15) is 33.6 Å². The van der Waals surface area contributed by atoms with Gasteiger partial charge in [-0.25, -0.2) is 0 Å². The number of nitrogens with zero attached hydrogens (tertiary/aromatic N) is 1. The van der Waals surface area contributed by atoms with E-state index in [0.717, 1.165) is 5.56 Å². The van der Waals surface area contributed by atoms with Gasteiger partial charge in [0.05, 0.1) is 0 Å². The van der Waals surface area contributed by atoms with Crippen molar-refractivity contribution in [1.82, 2.24) is 36.8 Å². The van der Waals surface area contributed by atoms with E-state index >= 15 is 0 Å². The Kier molecular flexibility index (Phi) is 16.1. The van der Waals surface area contributed by atoms with Crippen molar-refractivity contribution < 1.29 is 33.6 Å². The number of amides is 7. The largest absolute Gasteiger partial charge is 0.354 e. The first kappa shape index (κ1) is 41.9. The van der Waals surface area contributed by atoms with E-state index in [4.69, 9.17) is 0 Å². The molecular formula is C38H59N7O7. The van der Waals surface area contributed by atoms with Crippen molar-refractivity contribution in [3.8, 4) is 0 Å². The van der Waals surface area contributed by atoms with Gasteiger partial charge in [-0.2, -0.15) is 0 Å². The van der Waals surface area contributed by atoms with Gasteiger partial charge in [0.2, 0.25) is 41.4 Å². The summed E-state index contributed by atoms with van der Waals surface area (Å²) in [6.45, 7) is 12.8. The minimum absolute atomic E-state index is 0.0974. The molecule has 0 saturated carbocycles. The van der Waals surface area contributed by atoms with E-state index in [1.165, 1.54) is 11.8 Å². The minimum Gasteiger partial charge on any atom is -0.354 e. The summed E-state index contributed by atoms with van der Waals surface area (Å²) in [5, 5.41) is 17.0. The molecule has 2 aliphatic rings. The van der Waals surface area contributed by atoms with Gasteiger partial charge in [0.25, 0.3) is 0 Å². The second kappa shape index (κ2) is 19.9. The first-order chi connectivity index (χ1) is 24.7. The van der Waals surface area contributed by atoms with Crippen molar-refractivity contribution in [2.24, 2.45) is 17.8 Å². The molecule has 8 atom stereocenters. The van der Waals surface area contributed by atoms with Crippen LogP contribution in [-0.4, -0.2) is 95.6 Å². The molecule has 288 valence electrons. The lowest BCUT2D eigenvalue weighted by Gasteiger charge is -2.33. The lowest BCUT2D eigenvalue weighted by atomic mass is 9.94. The molecule has 0 aromatic heterocycles. The van der Waals surface area contributed by atoms with Crippen molar-refractivity contribution >= 4 is 41.4 Å². The molecule has 0 bridgehead atoms. The van der Waals surface area contributed by atoms with Crippen molar-refractivity contribution in [2.45, 2.75) is 130 Å². The second-order valence-corrected chi connectivity index (χ2v) is 14.6. The Labute approximate surface area is 307 Å². The second-order valence-electron chi connectivity index (χ2n) is 14.6. The fraction of sp³-hybridized carbons (Fsp3) is 0.658. The molecule has 6 N–H and O–H groups in total. The maximum Gasteiger partial charge on any atom is 0.246 e. The molecule has 1 aromatic rings. The van der Waals surface area contributed by atoms with Gasteiger partial charge in [0.1, 0.15) is 36.3 Å². The van der Waals surface area contributed by atoms with Crippen LogP contribution in [0.1, 0.15) is 92.6 Å². The van der Waals surface area contributed by atoms with Gasteiger partial charge < -0.3 is 36.8 Å². The highest BCUT2D eigenvalue weighted by Crippen LogP contribution is 2.22. The Balaban J connectivity index is 2.04. The smallest absolute Gasteiger partial charge is 0.246 e. The molecule has 3 rings (SSSR count). The highest BCUT2D eigenvalue weighted by atomic mass is 16.2. The van der Waals surface area contributed by atoms with Crippen LogP contribution >= 0.6 is 0 Å². The normalized spacial score (nSPS) is 25.7. The van der Waals surface area contributed by atoms with Gasteiger partial charge in [-0.3, -0.25) is 33.6 Å². The number of carbonyl (C=O) groups excluding carboxylic acids is 7. The van der Waals surface area contributed by atoms with Crippen molar-refractivity contribution in [1.29, 1.82) is 0 Å². The van der Waals surface area contributed by atoms with Crippen molar-refractivity contribution in [2.75, 3.05) is 13.1 Å². The fourth-order valence-electron chi connectivity index (χ4n) is 6.63. The zero-order chi connectivity index (χ0) is 38.5. The SMILES string of the molecule is CC[C@H](C)[C@@H]1NC(=O)[C@H]([C@@H](C)CC)NC(=O)[C@@H]2CCCN2C(=O)[C@@H](Cc2ccccc2)NC(=O)[C@@H](NC(=O)[C@@H](NC(C)=O)C(C)C)CCCNC1=O. The average molecular weight is 726 g/mol. The lowest BCUT2D eigenvalue weighted by Crippen LogP contribution is -2.61. The number of rotatable bonds is 10. The summed E-state index contributed by atoms with van der Waals surface area (Å²) < 4.78 is 0. The van der Waals surface area contributed by atoms with Crippen LogP contribution in [0.4, 0.5) is 0 Å². The van der Waals surface area contributed by atoms with E-state index in [-0.39, 0.29) is 50.1 Å². The van der Waals surface area contributed by atoms with Gasteiger partial charge in [-0.15, -0.1) is 0 Å². The van der Waals surface area contributed by atoms with Crippen molar-refractivity contribution in [3.63, 3.8) is 0 Å². The Morgan fingerprint density at radius 1 is 0.808 bits per heavy atom. The molecular weight excluding hydrogens is 666 g/mol. The van der Waals surface area contributed by atoms with E-state index in [2.05, 4.69) is 31.9 Å². The summed E-state index contributed by atoms with van der Waals surface area (Å²) in [5.74, 6) is -4.16. The number of fused-ring (bicyclic) bond motifs is 1. The van der Waals surface area contributed by atoms with Crippen LogP contribution in [0.15, 0.2) is 30.3 Å². The monoisotopic (exact) mass is 725 g/mol. The summed E-state index contributed by atoms with van der Waals surface area (Å²) in [7, 11) is 0. The molecule has 2 aliphatic heterocycles. The molecule has 0 spiro atoms. The molecule has 14 heteroatoms. The Bertz CT molecular complexity index is 1420. The maximum absolute atomic E-state index is 14.4. The van der Waals surface area contributed by atoms with E-state index in [1.807, 2.05) is 58.0 Å². The first-order valence-electron chi connectivity index (χ1n) is 18.8. The van der Waals surface area contributed by atoms with Crippen LogP contribution in [0.2, 0.25) is 0 Å². The van der Waals surface area contributed by atoms with Gasteiger partial charge in [0, 0.05) is 26.4 Å². The summed E-state index contributed by atoms with van der Waals surface area (Å²) in [6, 6.07) is 3.35. The number of benzene rings is 1. The first-order valence-corrected chi connectivity index (χ1v) is 18.8. The van der Waals surface area contributed by atoms with Gasteiger partial charge in [-0.1, -0.05) is 84.7 Å². The third-order valence-electron chi connectivity index (χ3n) is 10.2. The Hall–Kier alpha value is -4.49. The Morgan fingerprint density at radius 3 is 2.02 bits per heavy atom. The molecule has 1 aromatic carbocycles. The quantitative estimate of drug-likeness (QED) is 0.209. The predicted molar refractivity (Wildman–Crippen MR) is 196 cm³/mol. The van der Waals surface area contributed by atoms with Gasteiger partial charge >= 0.3 is 0 Å². The van der Waals surface area contributed by atoms with Crippen LogP contribution in [0, 0.1) is 17.8 Å². The van der Waals surface area contributed by atoms with Gasteiger partial charge in [0.15, 0.2) is 0 Å². The summed E-state index contributed by atoms with van der Waals surface area (Å²) >= 11 is 0. The summed E-state index contributed by atoms with van der Waals surface area (Å²) in [6.07, 6.45) is 2.59. The molecule has 7 amide bonds. The number of nitrogens with one attached hydrogen (secondary N) is 6. The molecule has 52 heavy (non-hydrogen) atoms. The standard InChI is InChI=1S/C38H59N7O7/c1-8-23(5)31-35(49)39-19-13-17-27(41-36(50)30(22(3)4)40-25(7)46)33(47)42-28(21-26-15-11-10-12-16-26)38(52)45-20-14-18-29(45)34(48)43-32(24(6)9-2)37(51)44-31/h10-12,15-16,22-24,27-32H,8-9,13-14,17-21H2,1-7H3,(H,39,49)(H,40,46)(H,41,50)(H,42,47)(H,43,48)(H,44,51)/t23-,24-,27-,28+,29-,30-,31-,32-/m0/s1. The molecule has 2 heterocycles. The third-order valence-corrected chi connectivity index (χ3v) is 10.2. The molecule has 0 unspecified atom stereocenters. The zero-order valence-electron chi connectivity index (χ0n) is 31.8. The highest BCUT2D eigenvalue weighted by molar-refractivity contribution is 5.97. The molecule has 0 aliphatic carbocycles.